The third-order valence-electron chi connectivity index (χ3n) is 5.82. The van der Waals surface area contributed by atoms with Crippen LogP contribution in [0.15, 0.2) is 36.4 Å². The summed E-state index contributed by atoms with van der Waals surface area (Å²) in [6.07, 6.45) is 2.00. The van der Waals surface area contributed by atoms with Crippen molar-refractivity contribution < 1.29 is 14.2 Å². The van der Waals surface area contributed by atoms with Crippen LogP contribution in [0.5, 0.6) is 17.2 Å². The smallest absolute Gasteiger partial charge is 0.231 e. The van der Waals surface area contributed by atoms with Gasteiger partial charge in [-0.1, -0.05) is 12.1 Å². The first kappa shape index (κ1) is 16.0. The minimum absolute atomic E-state index is 0.289. The van der Waals surface area contributed by atoms with Gasteiger partial charge in [-0.15, -0.1) is 0 Å². The normalized spacial score (nSPS) is 17.3. The van der Waals surface area contributed by atoms with Gasteiger partial charge in [0.2, 0.25) is 6.79 Å². The van der Waals surface area contributed by atoms with E-state index in [4.69, 9.17) is 14.2 Å². The second-order valence-corrected chi connectivity index (χ2v) is 7.60. The predicted octanol–water partition coefficient (Wildman–Crippen LogP) is 3.30. The summed E-state index contributed by atoms with van der Waals surface area (Å²) in [7, 11) is 0. The van der Waals surface area contributed by atoms with Crippen LogP contribution in [-0.2, 0) is 25.9 Å². The molecule has 1 aromatic heterocycles. The minimum Gasteiger partial charge on any atom is -0.493 e. The lowest BCUT2D eigenvalue weighted by Crippen LogP contribution is -2.30. The van der Waals surface area contributed by atoms with Gasteiger partial charge >= 0.3 is 0 Å². The van der Waals surface area contributed by atoms with Crippen molar-refractivity contribution in [1.82, 2.24) is 15.1 Å². The van der Waals surface area contributed by atoms with E-state index in [0.717, 1.165) is 67.6 Å². The molecule has 0 unspecified atom stereocenters. The van der Waals surface area contributed by atoms with Crippen LogP contribution >= 0.6 is 0 Å². The van der Waals surface area contributed by atoms with Gasteiger partial charge < -0.3 is 14.2 Å². The van der Waals surface area contributed by atoms with E-state index in [1.165, 1.54) is 22.4 Å². The summed E-state index contributed by atoms with van der Waals surface area (Å²) in [6, 6.07) is 12.6. The van der Waals surface area contributed by atoms with E-state index in [2.05, 4.69) is 39.4 Å². The predicted molar refractivity (Wildman–Crippen MR) is 104 cm³/mol. The highest BCUT2D eigenvalue weighted by Crippen LogP contribution is 2.37. The maximum atomic E-state index is 5.63. The van der Waals surface area contributed by atoms with Crippen LogP contribution in [0.4, 0.5) is 0 Å². The molecule has 1 N–H and O–H groups in total. The highest BCUT2D eigenvalue weighted by atomic mass is 16.7. The molecule has 6 rings (SSSR count). The van der Waals surface area contributed by atoms with Gasteiger partial charge in [0, 0.05) is 49.3 Å². The summed E-state index contributed by atoms with van der Waals surface area (Å²) < 4.78 is 16.6. The average Bonchev–Trinajstić information content (AvgIpc) is 3.45. The quantitative estimate of drug-likeness (QED) is 0.761. The van der Waals surface area contributed by atoms with Crippen molar-refractivity contribution in [2.45, 2.75) is 25.9 Å². The zero-order valence-corrected chi connectivity index (χ0v) is 15.5. The molecule has 0 saturated carbocycles. The summed E-state index contributed by atoms with van der Waals surface area (Å²) in [4.78, 5) is 2.49. The Balaban J connectivity index is 1.26. The summed E-state index contributed by atoms with van der Waals surface area (Å²) >= 11 is 0. The molecule has 4 heterocycles. The topological polar surface area (TPSA) is 59.6 Å². The minimum atomic E-state index is 0.289. The monoisotopic (exact) mass is 375 g/mol. The zero-order valence-electron chi connectivity index (χ0n) is 15.5. The lowest BCUT2D eigenvalue weighted by atomic mass is 10.00. The van der Waals surface area contributed by atoms with Crippen LogP contribution in [-0.4, -0.2) is 35.0 Å². The van der Waals surface area contributed by atoms with Crippen LogP contribution in [0, 0.1) is 0 Å². The first-order valence-corrected chi connectivity index (χ1v) is 9.76. The van der Waals surface area contributed by atoms with Crippen molar-refractivity contribution in [2.24, 2.45) is 0 Å². The van der Waals surface area contributed by atoms with E-state index >= 15 is 0 Å². The number of aromatic amines is 1. The Hall–Kier alpha value is -2.99. The maximum Gasteiger partial charge on any atom is 0.231 e. The second kappa shape index (κ2) is 6.27. The van der Waals surface area contributed by atoms with Crippen molar-refractivity contribution in [2.75, 3.05) is 19.9 Å². The first-order chi connectivity index (χ1) is 13.8. The van der Waals surface area contributed by atoms with Crippen LogP contribution < -0.4 is 14.2 Å². The summed E-state index contributed by atoms with van der Waals surface area (Å²) in [6.45, 7) is 3.96. The molecular formula is C22H21N3O3. The SMILES string of the molecule is c1cc2c(cc1CN1CCc3[nH]nc(-c4ccc5c(c4)OCO5)c3C1)CCO2. The standard InChI is InChI=1S/C22H21N3O3/c1-3-19-15(6-8-26-19)9-14(1)11-25-7-5-18-17(12-25)22(24-23-18)16-2-4-20-21(10-16)28-13-27-20/h1-4,9-10H,5-8,11-13H2,(H,23,24). The van der Waals surface area contributed by atoms with Gasteiger partial charge in [-0.25, -0.2) is 0 Å². The van der Waals surface area contributed by atoms with Crippen LogP contribution in [0.25, 0.3) is 11.3 Å². The van der Waals surface area contributed by atoms with Crippen LogP contribution in [0.2, 0.25) is 0 Å². The van der Waals surface area contributed by atoms with E-state index in [1.807, 2.05) is 12.1 Å². The Labute approximate surface area is 163 Å². The zero-order chi connectivity index (χ0) is 18.5. The number of benzene rings is 2. The van der Waals surface area contributed by atoms with Gasteiger partial charge in [-0.3, -0.25) is 10.00 Å². The molecule has 2 aromatic carbocycles. The van der Waals surface area contributed by atoms with Gasteiger partial charge in [0.1, 0.15) is 5.75 Å². The van der Waals surface area contributed by atoms with E-state index in [1.54, 1.807) is 0 Å². The van der Waals surface area contributed by atoms with Crippen LogP contribution in [0.3, 0.4) is 0 Å². The molecule has 28 heavy (non-hydrogen) atoms. The number of nitrogens with zero attached hydrogens (tertiary/aromatic N) is 2. The molecule has 0 fully saturated rings. The molecule has 3 aliphatic rings. The Kier molecular flexibility index (Phi) is 3.59. The number of fused-ring (bicyclic) bond motifs is 3. The molecule has 3 aliphatic heterocycles. The Bertz CT molecular complexity index is 1060. The molecule has 0 amide bonds. The van der Waals surface area contributed by atoms with Crippen molar-refractivity contribution in [1.29, 1.82) is 0 Å². The number of nitrogens with one attached hydrogen (secondary N) is 1. The first-order valence-electron chi connectivity index (χ1n) is 9.76. The van der Waals surface area contributed by atoms with Crippen LogP contribution in [0.1, 0.15) is 22.4 Å². The molecule has 0 aliphatic carbocycles. The summed E-state index contributed by atoms with van der Waals surface area (Å²) in [5.74, 6) is 2.64. The molecular weight excluding hydrogens is 354 g/mol. The van der Waals surface area contributed by atoms with Gasteiger partial charge in [-0.05, 0) is 35.4 Å². The molecule has 3 aromatic rings. The molecule has 0 spiro atoms. The lowest BCUT2D eigenvalue weighted by Gasteiger charge is -2.27. The molecule has 0 bridgehead atoms. The number of hydrogen-bond acceptors (Lipinski definition) is 5. The Morgan fingerprint density at radius 1 is 0.964 bits per heavy atom. The lowest BCUT2D eigenvalue weighted by molar-refractivity contribution is 0.174. The fourth-order valence-corrected chi connectivity index (χ4v) is 4.36. The molecule has 6 heteroatoms. The number of H-pyrrole nitrogens is 1. The molecule has 0 atom stereocenters. The third-order valence-corrected chi connectivity index (χ3v) is 5.82. The van der Waals surface area contributed by atoms with Gasteiger partial charge in [0.25, 0.3) is 0 Å². The summed E-state index contributed by atoms with van der Waals surface area (Å²) in [5, 5.41) is 7.86. The molecule has 0 radical (unpaired) electrons. The number of rotatable bonds is 3. The van der Waals surface area contributed by atoms with E-state index in [9.17, 15) is 0 Å². The van der Waals surface area contributed by atoms with Gasteiger partial charge in [0.05, 0.1) is 12.3 Å². The van der Waals surface area contributed by atoms with Crippen molar-refractivity contribution in [3.63, 3.8) is 0 Å². The fourth-order valence-electron chi connectivity index (χ4n) is 4.36. The number of aromatic nitrogens is 2. The largest absolute Gasteiger partial charge is 0.493 e. The highest BCUT2D eigenvalue weighted by molar-refractivity contribution is 5.68. The average molecular weight is 375 g/mol. The molecule has 6 nitrogen and oxygen atoms in total. The van der Waals surface area contributed by atoms with Crippen molar-refractivity contribution in [3.05, 3.63) is 58.8 Å². The van der Waals surface area contributed by atoms with E-state index in [0.29, 0.717) is 0 Å². The van der Waals surface area contributed by atoms with Crippen molar-refractivity contribution >= 4 is 0 Å². The second-order valence-electron chi connectivity index (χ2n) is 7.60. The highest BCUT2D eigenvalue weighted by Gasteiger charge is 2.24. The number of ether oxygens (including phenoxy) is 3. The number of hydrogen-bond donors (Lipinski definition) is 1. The molecule has 0 saturated heterocycles. The van der Waals surface area contributed by atoms with Gasteiger partial charge in [0.15, 0.2) is 11.5 Å². The molecule has 142 valence electrons. The maximum absolute atomic E-state index is 5.63. The van der Waals surface area contributed by atoms with E-state index in [-0.39, 0.29) is 6.79 Å². The fraction of sp³-hybridized carbons (Fsp3) is 0.318. The summed E-state index contributed by atoms with van der Waals surface area (Å²) in [5.41, 5.74) is 7.29. The van der Waals surface area contributed by atoms with E-state index < -0.39 is 0 Å². The Morgan fingerprint density at radius 2 is 1.89 bits per heavy atom. The third kappa shape index (κ3) is 2.64. The Morgan fingerprint density at radius 3 is 2.89 bits per heavy atom. The van der Waals surface area contributed by atoms with Crippen molar-refractivity contribution in [3.8, 4) is 28.5 Å². The van der Waals surface area contributed by atoms with Gasteiger partial charge in [-0.2, -0.15) is 5.10 Å².